The van der Waals surface area contributed by atoms with Crippen LogP contribution in [-0.4, -0.2) is 15.5 Å². The van der Waals surface area contributed by atoms with E-state index in [0.29, 0.717) is 10.9 Å². The van der Waals surface area contributed by atoms with Crippen molar-refractivity contribution in [3.63, 3.8) is 0 Å². The van der Waals surface area contributed by atoms with E-state index in [-0.39, 0.29) is 24.5 Å². The molecule has 31 heavy (non-hydrogen) atoms. The lowest BCUT2D eigenvalue weighted by Crippen LogP contribution is -2.27. The Morgan fingerprint density at radius 2 is 1.52 bits per heavy atom. The van der Waals surface area contributed by atoms with E-state index in [9.17, 15) is 9.59 Å². The highest BCUT2D eigenvalue weighted by atomic mass is 16.5. The van der Waals surface area contributed by atoms with Crippen LogP contribution in [0.15, 0.2) is 89.7 Å². The van der Waals surface area contributed by atoms with Crippen molar-refractivity contribution in [2.75, 3.05) is 0 Å². The number of para-hydroxylation sites is 1. The molecule has 152 valence electrons. The molecule has 0 bridgehead atoms. The number of ether oxygens (including phenoxy) is 1. The number of fused-ring (bicyclic) bond motifs is 1. The smallest absolute Gasteiger partial charge is 0.318 e. The second kappa shape index (κ2) is 9.06. The van der Waals surface area contributed by atoms with Crippen molar-refractivity contribution in [1.82, 2.24) is 9.55 Å². The molecule has 0 fully saturated rings. The molecular formula is C25H19N3O3. The van der Waals surface area contributed by atoms with Crippen molar-refractivity contribution in [3.05, 3.63) is 112 Å². The van der Waals surface area contributed by atoms with Crippen LogP contribution in [0, 0.1) is 11.3 Å². The first-order valence-electron chi connectivity index (χ1n) is 9.81. The van der Waals surface area contributed by atoms with Crippen molar-refractivity contribution >= 4 is 16.9 Å². The Bertz CT molecular complexity index is 1270. The van der Waals surface area contributed by atoms with E-state index in [4.69, 9.17) is 10.00 Å². The SMILES string of the molecule is N#CCn1c(COC(=O)C(c2ccccc2)c2ccccc2)nc2ccccc2c1=O. The number of rotatable bonds is 6. The van der Waals surface area contributed by atoms with E-state index in [0.717, 1.165) is 11.1 Å². The molecule has 4 aromatic rings. The average Bonchev–Trinajstić information content (AvgIpc) is 2.81. The number of hydrogen-bond acceptors (Lipinski definition) is 5. The molecule has 1 aromatic heterocycles. The monoisotopic (exact) mass is 409 g/mol. The lowest BCUT2D eigenvalue weighted by atomic mass is 9.91. The summed E-state index contributed by atoms with van der Waals surface area (Å²) in [5.41, 5.74) is 1.77. The second-order valence-electron chi connectivity index (χ2n) is 6.96. The van der Waals surface area contributed by atoms with Gasteiger partial charge in [-0.2, -0.15) is 5.26 Å². The number of nitriles is 1. The Morgan fingerprint density at radius 3 is 2.13 bits per heavy atom. The zero-order valence-electron chi connectivity index (χ0n) is 16.6. The van der Waals surface area contributed by atoms with Crippen LogP contribution in [0.3, 0.4) is 0 Å². The molecule has 0 N–H and O–H groups in total. The molecule has 3 aromatic carbocycles. The Balaban J connectivity index is 1.67. The molecule has 0 spiro atoms. The Labute approximate surface area is 179 Å². The summed E-state index contributed by atoms with van der Waals surface area (Å²) in [5.74, 6) is -0.833. The molecular weight excluding hydrogens is 390 g/mol. The zero-order chi connectivity index (χ0) is 21.6. The van der Waals surface area contributed by atoms with E-state index in [1.807, 2.05) is 66.7 Å². The van der Waals surface area contributed by atoms with Crippen molar-refractivity contribution in [2.24, 2.45) is 0 Å². The van der Waals surface area contributed by atoms with Gasteiger partial charge in [-0.1, -0.05) is 72.8 Å². The lowest BCUT2D eigenvalue weighted by molar-refractivity contribution is -0.146. The summed E-state index contributed by atoms with van der Waals surface area (Å²) in [5, 5.41) is 9.57. The predicted octanol–water partition coefficient (Wildman–Crippen LogP) is 3.80. The number of carbonyl (C=O) groups is 1. The third kappa shape index (κ3) is 4.21. The van der Waals surface area contributed by atoms with Crippen LogP contribution >= 0.6 is 0 Å². The molecule has 0 amide bonds. The van der Waals surface area contributed by atoms with E-state index in [1.54, 1.807) is 24.3 Å². The molecule has 0 aliphatic carbocycles. The van der Waals surface area contributed by atoms with Crippen LogP contribution in [0.5, 0.6) is 0 Å². The summed E-state index contributed by atoms with van der Waals surface area (Å²) < 4.78 is 6.87. The number of aromatic nitrogens is 2. The molecule has 1 heterocycles. The van der Waals surface area contributed by atoms with Crippen LogP contribution in [0.4, 0.5) is 0 Å². The molecule has 0 saturated heterocycles. The fourth-order valence-electron chi connectivity index (χ4n) is 3.53. The van der Waals surface area contributed by atoms with E-state index < -0.39 is 11.9 Å². The van der Waals surface area contributed by atoms with Crippen molar-refractivity contribution in [3.8, 4) is 6.07 Å². The Hall–Kier alpha value is -4.24. The van der Waals surface area contributed by atoms with Gasteiger partial charge in [-0.05, 0) is 23.3 Å². The topological polar surface area (TPSA) is 85.0 Å². The summed E-state index contributed by atoms with van der Waals surface area (Å²) in [4.78, 5) is 30.4. The molecule has 6 heteroatoms. The van der Waals surface area contributed by atoms with Crippen molar-refractivity contribution < 1.29 is 9.53 Å². The highest BCUT2D eigenvalue weighted by Crippen LogP contribution is 2.26. The van der Waals surface area contributed by atoms with Crippen molar-refractivity contribution in [1.29, 1.82) is 5.26 Å². The summed E-state index contributed by atoms with van der Waals surface area (Å²) in [6.45, 7) is -0.388. The molecule has 0 aliphatic heterocycles. The van der Waals surface area contributed by atoms with Gasteiger partial charge in [0.25, 0.3) is 5.56 Å². The Kier molecular flexibility index (Phi) is 5.86. The highest BCUT2D eigenvalue weighted by Gasteiger charge is 2.25. The van der Waals surface area contributed by atoms with E-state index >= 15 is 0 Å². The molecule has 0 aliphatic rings. The molecule has 6 nitrogen and oxygen atoms in total. The van der Waals surface area contributed by atoms with Crippen LogP contribution < -0.4 is 5.56 Å². The van der Waals surface area contributed by atoms with Crippen molar-refractivity contribution in [2.45, 2.75) is 19.1 Å². The van der Waals surface area contributed by atoms with Crippen LogP contribution in [-0.2, 0) is 22.7 Å². The summed E-state index contributed by atoms with van der Waals surface area (Å²) >= 11 is 0. The number of benzene rings is 3. The van der Waals surface area contributed by atoms with Gasteiger partial charge in [0.1, 0.15) is 19.1 Å². The summed E-state index contributed by atoms with van der Waals surface area (Å²) in [6.07, 6.45) is 0. The summed E-state index contributed by atoms with van der Waals surface area (Å²) in [7, 11) is 0. The maximum absolute atomic E-state index is 13.1. The molecule has 0 atom stereocenters. The van der Waals surface area contributed by atoms with Gasteiger partial charge in [-0.3, -0.25) is 14.2 Å². The fourth-order valence-corrected chi connectivity index (χ4v) is 3.53. The van der Waals surface area contributed by atoms with E-state index in [1.165, 1.54) is 4.57 Å². The van der Waals surface area contributed by atoms with Crippen LogP contribution in [0.1, 0.15) is 22.9 Å². The van der Waals surface area contributed by atoms with Gasteiger partial charge in [0, 0.05) is 0 Å². The highest BCUT2D eigenvalue weighted by molar-refractivity contribution is 5.82. The number of hydrogen-bond donors (Lipinski definition) is 0. The minimum Gasteiger partial charge on any atom is -0.457 e. The first-order valence-corrected chi connectivity index (χ1v) is 9.81. The quantitative estimate of drug-likeness (QED) is 0.452. The van der Waals surface area contributed by atoms with Gasteiger partial charge in [-0.25, -0.2) is 4.98 Å². The van der Waals surface area contributed by atoms with Crippen LogP contribution in [0.25, 0.3) is 10.9 Å². The van der Waals surface area contributed by atoms with Crippen LogP contribution in [0.2, 0.25) is 0 Å². The minimum absolute atomic E-state index is 0.176. The predicted molar refractivity (Wildman–Crippen MR) is 116 cm³/mol. The first kappa shape index (κ1) is 20.0. The minimum atomic E-state index is -0.612. The third-order valence-corrected chi connectivity index (χ3v) is 5.01. The fraction of sp³-hybridized carbons (Fsp3) is 0.120. The third-order valence-electron chi connectivity index (χ3n) is 5.01. The second-order valence-corrected chi connectivity index (χ2v) is 6.96. The lowest BCUT2D eigenvalue weighted by Gasteiger charge is -2.18. The Morgan fingerprint density at radius 1 is 0.935 bits per heavy atom. The molecule has 0 radical (unpaired) electrons. The largest absolute Gasteiger partial charge is 0.457 e. The van der Waals surface area contributed by atoms with Gasteiger partial charge < -0.3 is 4.74 Å². The summed E-state index contributed by atoms with van der Waals surface area (Å²) in [6, 6.07) is 27.6. The number of esters is 1. The maximum Gasteiger partial charge on any atom is 0.318 e. The molecule has 4 rings (SSSR count). The maximum atomic E-state index is 13.1. The number of carbonyl (C=O) groups excluding carboxylic acids is 1. The first-order chi connectivity index (χ1) is 15.2. The molecule has 0 saturated carbocycles. The average molecular weight is 409 g/mol. The van der Waals surface area contributed by atoms with Gasteiger partial charge in [0.15, 0.2) is 5.82 Å². The normalized spacial score (nSPS) is 10.7. The van der Waals surface area contributed by atoms with Gasteiger partial charge in [-0.15, -0.1) is 0 Å². The molecule has 0 unspecified atom stereocenters. The van der Waals surface area contributed by atoms with Gasteiger partial charge >= 0.3 is 5.97 Å². The van der Waals surface area contributed by atoms with E-state index in [2.05, 4.69) is 4.98 Å². The van der Waals surface area contributed by atoms with Gasteiger partial charge in [0.05, 0.1) is 17.0 Å². The zero-order valence-corrected chi connectivity index (χ0v) is 16.6. The standard InChI is InChI=1S/C25H19N3O3/c26-15-16-28-22(27-21-14-8-7-13-20(21)24(28)29)17-31-25(30)23(18-9-3-1-4-10-18)19-11-5-2-6-12-19/h1-14,23H,16-17H2. The number of nitrogens with zero attached hydrogens (tertiary/aromatic N) is 3. The van der Waals surface area contributed by atoms with Gasteiger partial charge in [0.2, 0.25) is 0 Å².